The van der Waals surface area contributed by atoms with Crippen molar-refractivity contribution in [3.63, 3.8) is 0 Å². The molecule has 4 rings (SSSR count). The lowest BCUT2D eigenvalue weighted by atomic mass is 10.1. The van der Waals surface area contributed by atoms with E-state index in [2.05, 4.69) is 37.7 Å². The number of H-pyrrole nitrogens is 1. The van der Waals surface area contributed by atoms with E-state index in [1.807, 2.05) is 49.5 Å². The molecule has 3 N–H and O–H groups in total. The third-order valence-corrected chi connectivity index (χ3v) is 4.80. The maximum absolute atomic E-state index is 12.3. The Morgan fingerprint density at radius 1 is 1.07 bits per heavy atom. The summed E-state index contributed by atoms with van der Waals surface area (Å²) in [5.74, 6) is 0.421. The van der Waals surface area contributed by atoms with Crippen molar-refractivity contribution in [2.75, 3.05) is 11.9 Å². The predicted molar refractivity (Wildman–Crippen MR) is 115 cm³/mol. The summed E-state index contributed by atoms with van der Waals surface area (Å²) in [6, 6.07) is 16.3. The Labute approximate surface area is 169 Å². The van der Waals surface area contributed by atoms with Gasteiger partial charge in [-0.1, -0.05) is 48.0 Å². The molecular formula is C23H23N5O. The summed E-state index contributed by atoms with van der Waals surface area (Å²) in [7, 11) is 0. The van der Waals surface area contributed by atoms with Gasteiger partial charge >= 0.3 is 0 Å². The standard InChI is InChI=1S/C23H23N5O/c1-16-5-4-6-17(11-16)12-28-23(29)21-14-27-22(15-26-21)24-10-9-18-13-25-20-8-3-2-7-19(18)20/h2-8,11,13-15,25H,9-10,12H2,1H3,(H,24,27)(H,28,29). The van der Waals surface area contributed by atoms with Crippen LogP contribution in [0.2, 0.25) is 0 Å². The number of aromatic amines is 1. The number of carbonyl (C=O) groups is 1. The number of aryl methyl sites for hydroxylation is 1. The highest BCUT2D eigenvalue weighted by Gasteiger charge is 2.08. The Morgan fingerprint density at radius 2 is 1.97 bits per heavy atom. The summed E-state index contributed by atoms with van der Waals surface area (Å²) >= 11 is 0. The zero-order valence-corrected chi connectivity index (χ0v) is 16.3. The molecule has 0 saturated heterocycles. The highest BCUT2D eigenvalue weighted by molar-refractivity contribution is 5.92. The Bertz CT molecular complexity index is 1120. The molecule has 6 nitrogen and oxygen atoms in total. The van der Waals surface area contributed by atoms with Crippen molar-refractivity contribution in [2.45, 2.75) is 19.9 Å². The number of carbonyl (C=O) groups excluding carboxylic acids is 1. The highest BCUT2D eigenvalue weighted by atomic mass is 16.1. The lowest BCUT2D eigenvalue weighted by molar-refractivity contribution is 0.0945. The van der Waals surface area contributed by atoms with Gasteiger partial charge in [0.1, 0.15) is 11.5 Å². The molecule has 4 aromatic rings. The van der Waals surface area contributed by atoms with Gasteiger partial charge < -0.3 is 15.6 Å². The first-order valence-corrected chi connectivity index (χ1v) is 9.64. The molecule has 0 unspecified atom stereocenters. The number of nitrogens with one attached hydrogen (secondary N) is 3. The quantitative estimate of drug-likeness (QED) is 0.451. The summed E-state index contributed by atoms with van der Waals surface area (Å²) in [5, 5.41) is 7.37. The van der Waals surface area contributed by atoms with E-state index in [-0.39, 0.29) is 5.91 Å². The Balaban J connectivity index is 1.29. The second kappa shape index (κ2) is 8.56. The molecule has 0 saturated carbocycles. The van der Waals surface area contributed by atoms with Crippen molar-refractivity contribution in [3.05, 3.63) is 89.5 Å². The smallest absolute Gasteiger partial charge is 0.271 e. The molecule has 2 heterocycles. The third-order valence-electron chi connectivity index (χ3n) is 4.80. The highest BCUT2D eigenvalue weighted by Crippen LogP contribution is 2.18. The molecular weight excluding hydrogens is 362 g/mol. The zero-order valence-electron chi connectivity index (χ0n) is 16.3. The number of para-hydroxylation sites is 1. The molecule has 29 heavy (non-hydrogen) atoms. The minimum atomic E-state index is -0.232. The molecule has 0 radical (unpaired) electrons. The number of amides is 1. The van der Waals surface area contributed by atoms with Crippen LogP contribution in [0.1, 0.15) is 27.2 Å². The molecule has 0 aliphatic carbocycles. The van der Waals surface area contributed by atoms with Crippen LogP contribution >= 0.6 is 0 Å². The Kier molecular flexibility index (Phi) is 5.52. The maximum Gasteiger partial charge on any atom is 0.271 e. The maximum atomic E-state index is 12.3. The average Bonchev–Trinajstić information content (AvgIpc) is 3.16. The number of anilines is 1. The van der Waals surface area contributed by atoms with Crippen LogP contribution in [0.3, 0.4) is 0 Å². The molecule has 0 spiro atoms. The van der Waals surface area contributed by atoms with Crippen molar-refractivity contribution < 1.29 is 4.79 Å². The van der Waals surface area contributed by atoms with Gasteiger partial charge in [0.2, 0.25) is 0 Å². The SMILES string of the molecule is Cc1cccc(CNC(=O)c2cnc(NCCc3c[nH]c4ccccc34)cn2)c1. The number of fused-ring (bicyclic) bond motifs is 1. The number of aromatic nitrogens is 3. The van der Waals surface area contributed by atoms with Crippen LogP contribution < -0.4 is 10.6 Å². The van der Waals surface area contributed by atoms with E-state index >= 15 is 0 Å². The van der Waals surface area contributed by atoms with Gasteiger partial charge in [-0.3, -0.25) is 4.79 Å². The fraction of sp³-hybridized carbons (Fsp3) is 0.174. The summed E-state index contributed by atoms with van der Waals surface area (Å²) in [6.07, 6.45) is 6.00. The van der Waals surface area contributed by atoms with Gasteiger partial charge in [-0.05, 0) is 30.5 Å². The van der Waals surface area contributed by atoms with Crippen LogP contribution in [0.25, 0.3) is 10.9 Å². The van der Waals surface area contributed by atoms with Gasteiger partial charge in [0.25, 0.3) is 5.91 Å². The van der Waals surface area contributed by atoms with E-state index in [0.29, 0.717) is 18.1 Å². The largest absolute Gasteiger partial charge is 0.368 e. The number of benzene rings is 2. The molecule has 1 amide bonds. The lowest BCUT2D eigenvalue weighted by Gasteiger charge is -2.07. The Hall–Kier alpha value is -3.67. The summed E-state index contributed by atoms with van der Waals surface area (Å²) < 4.78 is 0. The second-order valence-corrected chi connectivity index (χ2v) is 6.99. The number of nitrogens with zero attached hydrogens (tertiary/aromatic N) is 2. The van der Waals surface area contributed by atoms with Crippen molar-refractivity contribution in [1.29, 1.82) is 0 Å². The van der Waals surface area contributed by atoms with Crippen molar-refractivity contribution in [2.24, 2.45) is 0 Å². The summed E-state index contributed by atoms with van der Waals surface area (Å²) in [4.78, 5) is 24.1. The topological polar surface area (TPSA) is 82.7 Å². The first-order valence-electron chi connectivity index (χ1n) is 9.64. The van der Waals surface area contributed by atoms with Crippen molar-refractivity contribution >= 4 is 22.6 Å². The molecule has 0 atom stereocenters. The van der Waals surface area contributed by atoms with Crippen molar-refractivity contribution in [1.82, 2.24) is 20.3 Å². The van der Waals surface area contributed by atoms with E-state index in [1.54, 1.807) is 6.20 Å². The van der Waals surface area contributed by atoms with Crippen LogP contribution in [-0.2, 0) is 13.0 Å². The molecule has 146 valence electrons. The van der Waals surface area contributed by atoms with Crippen LogP contribution in [0.15, 0.2) is 67.1 Å². The van der Waals surface area contributed by atoms with Crippen LogP contribution in [0.5, 0.6) is 0 Å². The van der Waals surface area contributed by atoms with E-state index < -0.39 is 0 Å². The molecule has 0 bridgehead atoms. The normalized spacial score (nSPS) is 10.8. The van der Waals surface area contributed by atoms with Gasteiger partial charge in [0, 0.05) is 30.2 Å². The van der Waals surface area contributed by atoms with Gasteiger partial charge in [0.05, 0.1) is 12.4 Å². The van der Waals surface area contributed by atoms with Gasteiger partial charge in [-0.2, -0.15) is 0 Å². The average molecular weight is 385 g/mol. The summed E-state index contributed by atoms with van der Waals surface area (Å²) in [6.45, 7) is 3.23. The predicted octanol–water partition coefficient (Wildman–Crippen LogP) is 3.85. The Morgan fingerprint density at radius 3 is 2.79 bits per heavy atom. The van der Waals surface area contributed by atoms with Crippen molar-refractivity contribution in [3.8, 4) is 0 Å². The van der Waals surface area contributed by atoms with Crippen LogP contribution in [0, 0.1) is 6.92 Å². The number of hydrogen-bond acceptors (Lipinski definition) is 4. The minimum Gasteiger partial charge on any atom is -0.368 e. The van der Waals surface area contributed by atoms with E-state index in [9.17, 15) is 4.79 Å². The number of hydrogen-bond donors (Lipinski definition) is 3. The van der Waals surface area contributed by atoms with Crippen LogP contribution in [-0.4, -0.2) is 27.4 Å². The molecule has 0 fully saturated rings. The molecule has 0 aliphatic heterocycles. The minimum absolute atomic E-state index is 0.232. The third kappa shape index (κ3) is 4.60. The zero-order chi connectivity index (χ0) is 20.1. The molecule has 2 aromatic heterocycles. The second-order valence-electron chi connectivity index (χ2n) is 6.99. The van der Waals surface area contributed by atoms with Gasteiger partial charge in [0.15, 0.2) is 0 Å². The number of rotatable bonds is 7. The molecule has 2 aromatic carbocycles. The molecule has 6 heteroatoms. The van der Waals surface area contributed by atoms with Gasteiger partial charge in [-0.25, -0.2) is 9.97 Å². The van der Waals surface area contributed by atoms with Crippen LogP contribution in [0.4, 0.5) is 5.82 Å². The fourth-order valence-electron chi connectivity index (χ4n) is 3.30. The first-order chi connectivity index (χ1) is 14.2. The van der Waals surface area contributed by atoms with Gasteiger partial charge in [-0.15, -0.1) is 0 Å². The fourth-order valence-corrected chi connectivity index (χ4v) is 3.30. The monoisotopic (exact) mass is 385 g/mol. The lowest BCUT2D eigenvalue weighted by Crippen LogP contribution is -2.24. The summed E-state index contributed by atoms with van der Waals surface area (Å²) in [5.41, 5.74) is 4.93. The van der Waals surface area contributed by atoms with E-state index in [0.717, 1.165) is 24.0 Å². The first kappa shape index (κ1) is 18.7. The van der Waals surface area contributed by atoms with E-state index in [4.69, 9.17) is 0 Å². The van der Waals surface area contributed by atoms with E-state index in [1.165, 1.54) is 22.7 Å². The molecule has 0 aliphatic rings.